The molecule has 5 nitrogen and oxygen atoms in total. The molecule has 1 N–H and O–H groups in total. The summed E-state index contributed by atoms with van der Waals surface area (Å²) in [6, 6.07) is 5.98. The van der Waals surface area contributed by atoms with Crippen LogP contribution in [0.2, 0.25) is 0 Å². The van der Waals surface area contributed by atoms with Gasteiger partial charge in [0.2, 0.25) is 0 Å². The van der Waals surface area contributed by atoms with Crippen molar-refractivity contribution in [3.63, 3.8) is 0 Å². The van der Waals surface area contributed by atoms with Crippen LogP contribution in [0.4, 0.5) is 5.69 Å². The summed E-state index contributed by atoms with van der Waals surface area (Å²) in [5.74, 6) is 0.288. The van der Waals surface area contributed by atoms with Crippen molar-refractivity contribution >= 4 is 29.8 Å². The lowest BCUT2D eigenvalue weighted by Gasteiger charge is -2.28. The van der Waals surface area contributed by atoms with Gasteiger partial charge < -0.3 is 15.1 Å². The quantitative estimate of drug-likeness (QED) is 0.475. The SMILES string of the molecule is C=C=C(C)C(CCC(=O)CCC)N1Cc2cc(N(CC)CCNC)ccc2C1=O.Cl.[HH].[HH]. The number of hydrogen-bond acceptors (Lipinski definition) is 4. The van der Waals surface area contributed by atoms with Gasteiger partial charge in [0.25, 0.3) is 5.91 Å². The van der Waals surface area contributed by atoms with E-state index >= 15 is 0 Å². The van der Waals surface area contributed by atoms with Gasteiger partial charge >= 0.3 is 0 Å². The Bertz CT molecular complexity index is 797. The number of nitrogens with zero attached hydrogens (tertiary/aromatic N) is 2. The molecule has 1 aromatic rings. The minimum absolute atomic E-state index is 0. The highest BCUT2D eigenvalue weighted by molar-refractivity contribution is 5.99. The third kappa shape index (κ3) is 6.21. The Morgan fingerprint density at radius 3 is 2.70 bits per heavy atom. The normalized spacial score (nSPS) is 13.3. The van der Waals surface area contributed by atoms with E-state index in [4.69, 9.17) is 0 Å². The Morgan fingerprint density at radius 2 is 2.10 bits per heavy atom. The Morgan fingerprint density at radius 1 is 1.37 bits per heavy atom. The van der Waals surface area contributed by atoms with Crippen LogP contribution in [0.1, 0.15) is 65.2 Å². The number of benzene rings is 1. The summed E-state index contributed by atoms with van der Waals surface area (Å²) in [7, 11) is 1.95. The van der Waals surface area contributed by atoms with Crippen molar-refractivity contribution in [3.05, 3.63) is 47.2 Å². The van der Waals surface area contributed by atoms with Crippen molar-refractivity contribution in [3.8, 4) is 0 Å². The van der Waals surface area contributed by atoms with Crippen LogP contribution in [0.15, 0.2) is 36.1 Å². The average Bonchev–Trinajstić information content (AvgIpc) is 3.04. The minimum Gasteiger partial charge on any atom is -0.371 e. The van der Waals surface area contributed by atoms with E-state index in [0.29, 0.717) is 25.8 Å². The van der Waals surface area contributed by atoms with Crippen molar-refractivity contribution in [2.75, 3.05) is 31.6 Å². The molecule has 0 aliphatic carbocycles. The maximum absolute atomic E-state index is 13.1. The zero-order valence-corrected chi connectivity index (χ0v) is 19.6. The molecule has 0 aromatic heterocycles. The predicted octanol–water partition coefficient (Wildman–Crippen LogP) is 4.85. The number of Topliss-reactive ketones (excluding diaryl/α,β-unsaturated/α-hetero) is 1. The standard InChI is InChI=1S/C24H35N3O2.ClH.2H2/c1-6-9-21(28)11-13-23(18(4)7-2)27-17-19-16-20(10-12-22(19)24(27)29)26(8-3)15-14-25-5;;;/h10,12,16,23,25H,2,6,8-9,11,13-15,17H2,1,3-5H3;3*1H. The summed E-state index contributed by atoms with van der Waals surface area (Å²) in [5.41, 5.74) is 6.83. The largest absolute Gasteiger partial charge is 0.371 e. The second-order valence-corrected chi connectivity index (χ2v) is 7.66. The molecule has 0 radical (unpaired) electrons. The molecule has 0 saturated heterocycles. The van der Waals surface area contributed by atoms with Crippen molar-refractivity contribution in [2.24, 2.45) is 0 Å². The van der Waals surface area contributed by atoms with Gasteiger partial charge in [-0.2, -0.15) is 0 Å². The lowest BCUT2D eigenvalue weighted by Crippen LogP contribution is -2.36. The zero-order chi connectivity index (χ0) is 21.4. The van der Waals surface area contributed by atoms with E-state index in [0.717, 1.165) is 48.4 Å². The van der Waals surface area contributed by atoms with E-state index in [-0.39, 0.29) is 33.0 Å². The molecule has 6 heteroatoms. The number of fused-ring (bicyclic) bond motifs is 1. The van der Waals surface area contributed by atoms with Crippen molar-refractivity contribution in [1.29, 1.82) is 0 Å². The van der Waals surface area contributed by atoms with Gasteiger partial charge in [0, 0.05) is 53.1 Å². The van der Waals surface area contributed by atoms with Gasteiger partial charge in [-0.15, -0.1) is 18.1 Å². The lowest BCUT2D eigenvalue weighted by atomic mass is 9.99. The molecule has 0 saturated carbocycles. The fraction of sp³-hybridized carbons (Fsp3) is 0.542. The monoisotopic (exact) mass is 437 g/mol. The highest BCUT2D eigenvalue weighted by atomic mass is 35.5. The van der Waals surface area contributed by atoms with E-state index < -0.39 is 0 Å². The van der Waals surface area contributed by atoms with Gasteiger partial charge in [-0.05, 0) is 63.1 Å². The first-order chi connectivity index (χ1) is 14.0. The number of nitrogens with one attached hydrogen (secondary N) is 1. The molecule has 170 valence electrons. The molecule has 1 amide bonds. The zero-order valence-electron chi connectivity index (χ0n) is 18.8. The topological polar surface area (TPSA) is 52.7 Å². The first kappa shape index (κ1) is 26.0. The molecular weight excluding hydrogens is 398 g/mol. The summed E-state index contributed by atoms with van der Waals surface area (Å²) < 4.78 is 0. The maximum atomic E-state index is 13.1. The molecule has 30 heavy (non-hydrogen) atoms. The number of ketones is 1. The Kier molecular flexibility index (Phi) is 10.9. The molecule has 0 spiro atoms. The average molecular weight is 438 g/mol. The number of hydrogen-bond donors (Lipinski definition) is 1. The van der Waals surface area contributed by atoms with Gasteiger partial charge in [-0.3, -0.25) is 9.59 Å². The van der Waals surface area contributed by atoms with Crippen LogP contribution in [-0.4, -0.2) is 49.3 Å². The smallest absolute Gasteiger partial charge is 0.255 e. The van der Waals surface area contributed by atoms with E-state index in [1.165, 1.54) is 0 Å². The van der Waals surface area contributed by atoms with Crippen LogP contribution < -0.4 is 10.2 Å². The van der Waals surface area contributed by atoms with E-state index in [1.807, 2.05) is 37.9 Å². The van der Waals surface area contributed by atoms with Crippen molar-refractivity contribution < 1.29 is 12.4 Å². The third-order valence-corrected chi connectivity index (χ3v) is 5.68. The molecule has 1 heterocycles. The number of halogens is 1. The molecule has 1 aliphatic heterocycles. The van der Waals surface area contributed by atoms with Gasteiger partial charge in [0.05, 0.1) is 6.04 Å². The Hall–Kier alpha value is -2.07. The Labute approximate surface area is 190 Å². The molecule has 1 aromatic carbocycles. The van der Waals surface area contributed by atoms with Gasteiger partial charge in [0.15, 0.2) is 0 Å². The molecule has 1 unspecified atom stereocenters. The molecule has 1 aliphatic rings. The van der Waals surface area contributed by atoms with E-state index in [9.17, 15) is 9.59 Å². The fourth-order valence-corrected chi connectivity index (χ4v) is 3.92. The summed E-state index contributed by atoms with van der Waals surface area (Å²) >= 11 is 0. The molecule has 2 rings (SSSR count). The maximum Gasteiger partial charge on any atom is 0.255 e. The summed E-state index contributed by atoms with van der Waals surface area (Å²) in [6.45, 7) is 13.2. The predicted molar refractivity (Wildman–Crippen MR) is 131 cm³/mol. The van der Waals surface area contributed by atoms with Crippen molar-refractivity contribution in [1.82, 2.24) is 10.2 Å². The molecule has 0 bridgehead atoms. The van der Waals surface area contributed by atoms with Gasteiger partial charge in [-0.1, -0.05) is 13.5 Å². The van der Waals surface area contributed by atoms with E-state index in [2.05, 4.69) is 35.5 Å². The number of likely N-dealkylation sites (N-methyl/N-ethyl adjacent to an activating group) is 2. The van der Waals surface area contributed by atoms with Crippen LogP contribution in [0, 0.1) is 0 Å². The molecule has 1 atom stereocenters. The van der Waals surface area contributed by atoms with Gasteiger partial charge in [-0.25, -0.2) is 0 Å². The first-order valence-electron chi connectivity index (χ1n) is 10.7. The van der Waals surface area contributed by atoms with Crippen LogP contribution in [0.5, 0.6) is 0 Å². The Balaban J connectivity index is 0. The summed E-state index contributed by atoms with van der Waals surface area (Å²) in [4.78, 5) is 29.3. The minimum atomic E-state index is -0.136. The number of carbonyl (C=O) groups excluding carboxylic acids is 2. The number of rotatable bonds is 12. The van der Waals surface area contributed by atoms with E-state index in [1.54, 1.807) is 0 Å². The molecular formula is C24H40ClN3O2. The second-order valence-electron chi connectivity index (χ2n) is 7.66. The molecule has 0 fully saturated rings. The summed E-state index contributed by atoms with van der Waals surface area (Å²) in [5, 5.41) is 3.19. The van der Waals surface area contributed by atoms with Crippen LogP contribution in [-0.2, 0) is 11.3 Å². The highest BCUT2D eigenvalue weighted by Crippen LogP contribution is 2.31. The fourth-order valence-electron chi connectivity index (χ4n) is 3.92. The van der Waals surface area contributed by atoms with Crippen molar-refractivity contribution in [2.45, 2.75) is 59.0 Å². The highest BCUT2D eigenvalue weighted by Gasteiger charge is 2.34. The second kappa shape index (κ2) is 12.6. The van der Waals surface area contributed by atoms with Gasteiger partial charge in [0.1, 0.15) is 5.78 Å². The number of carbonyl (C=O) groups is 2. The first-order valence-corrected chi connectivity index (χ1v) is 10.7. The van der Waals surface area contributed by atoms with Crippen LogP contribution in [0.3, 0.4) is 0 Å². The van der Waals surface area contributed by atoms with Crippen LogP contribution in [0.25, 0.3) is 0 Å². The van der Waals surface area contributed by atoms with Crippen LogP contribution >= 0.6 is 12.4 Å². The number of anilines is 1. The third-order valence-electron chi connectivity index (χ3n) is 5.68. The summed E-state index contributed by atoms with van der Waals surface area (Å²) in [6.07, 6.45) is 2.57. The number of amides is 1. The lowest BCUT2D eigenvalue weighted by molar-refractivity contribution is -0.119.